The van der Waals surface area contributed by atoms with Crippen molar-refractivity contribution in [2.45, 2.75) is 194 Å². The van der Waals surface area contributed by atoms with Crippen molar-refractivity contribution in [3.63, 3.8) is 0 Å². The van der Waals surface area contributed by atoms with Crippen molar-refractivity contribution in [1.82, 2.24) is 0 Å². The second-order valence-electron chi connectivity index (χ2n) is 26.7. The van der Waals surface area contributed by atoms with Crippen LogP contribution in [0.3, 0.4) is 0 Å². The molecule has 3 aliphatic carbocycles. The average Bonchev–Trinajstić information content (AvgIpc) is 3.60. The van der Waals surface area contributed by atoms with Crippen LogP contribution in [0.4, 0.5) is 33.4 Å². The normalized spacial score (nSPS) is 21.1. The van der Waals surface area contributed by atoms with Gasteiger partial charge in [0.15, 0.2) is 0 Å². The van der Waals surface area contributed by atoms with Crippen LogP contribution in [0.15, 0.2) is 72.8 Å². The molecule has 0 N–H and O–H groups in total. The summed E-state index contributed by atoms with van der Waals surface area (Å²) >= 11 is 2.04. The maximum Gasteiger partial charge on any atom is 0.254 e. The standard InChI is InChI=1S/C62H75BN2S/c1-36-30-48-53-49(31-36)65(47-32-38(56(3,4)5)19-18-37(47)2)55-52(40-34-44-45(35-50(40)66-55)61(14,15)27-26-60(44,12)13)63(53)46-23-22-42-51(62(16,17)29-28-58(42,8)9)54(46)64(48)39-20-21-41-43(33-39)59(10,11)25-24-57(41,6)7/h18-23,30-35H,24-29H2,1-17H3. The summed E-state index contributed by atoms with van der Waals surface area (Å²) < 4.78 is 1.42. The molecule has 5 aliphatic rings. The highest BCUT2D eigenvalue weighted by Gasteiger charge is 2.51. The molecule has 66 heavy (non-hydrogen) atoms. The van der Waals surface area contributed by atoms with Gasteiger partial charge in [-0.05, 0) is 205 Å². The first-order chi connectivity index (χ1) is 30.6. The third-order valence-corrected chi connectivity index (χ3v) is 19.3. The molecule has 0 amide bonds. The van der Waals surface area contributed by atoms with Crippen molar-refractivity contribution < 1.29 is 0 Å². The highest BCUT2D eigenvalue weighted by atomic mass is 32.1. The molecule has 342 valence electrons. The monoisotopic (exact) mass is 891 g/mol. The zero-order valence-electron chi connectivity index (χ0n) is 43.6. The van der Waals surface area contributed by atoms with Crippen molar-refractivity contribution in [1.29, 1.82) is 0 Å². The number of aryl methyl sites for hydroxylation is 2. The maximum absolute atomic E-state index is 2.79. The lowest BCUT2D eigenvalue weighted by Crippen LogP contribution is -2.62. The lowest BCUT2D eigenvalue weighted by atomic mass is 9.33. The number of hydrogen-bond acceptors (Lipinski definition) is 3. The Labute approximate surface area is 402 Å². The third kappa shape index (κ3) is 6.24. The van der Waals surface area contributed by atoms with E-state index in [1.807, 2.05) is 11.3 Å². The SMILES string of the molecule is Cc1cc2c3c(c1)N(c1ccc4c(c1)C(C)(C)CCC4(C)C)c1c(ccc4c1C(C)(C)CCC4(C)C)B3c1c(sc3cc4c(cc13)C(C)(C)CCC4(C)C)N2c1cc(C(C)(C)C)ccc1C. The van der Waals surface area contributed by atoms with Gasteiger partial charge in [-0.25, -0.2) is 0 Å². The third-order valence-electron chi connectivity index (χ3n) is 18.2. The van der Waals surface area contributed by atoms with Crippen molar-refractivity contribution in [2.75, 3.05) is 9.80 Å². The smallest absolute Gasteiger partial charge is 0.254 e. The van der Waals surface area contributed by atoms with Crippen LogP contribution in [0.5, 0.6) is 0 Å². The van der Waals surface area contributed by atoms with E-state index in [0.29, 0.717) is 0 Å². The molecule has 0 fully saturated rings. The number of anilines is 6. The van der Waals surface area contributed by atoms with Gasteiger partial charge in [-0.2, -0.15) is 0 Å². The van der Waals surface area contributed by atoms with Gasteiger partial charge in [-0.15, -0.1) is 11.3 Å². The van der Waals surface area contributed by atoms with Gasteiger partial charge in [0.1, 0.15) is 0 Å². The molecular weight excluding hydrogens is 816 g/mol. The Balaban J connectivity index is 1.31. The van der Waals surface area contributed by atoms with Crippen molar-refractivity contribution >= 4 is 78.0 Å². The second-order valence-corrected chi connectivity index (χ2v) is 27.8. The fourth-order valence-corrected chi connectivity index (χ4v) is 14.8. The highest BCUT2D eigenvalue weighted by Crippen LogP contribution is 2.57. The molecule has 0 unspecified atom stereocenters. The van der Waals surface area contributed by atoms with Crippen LogP contribution >= 0.6 is 11.3 Å². The van der Waals surface area contributed by atoms with E-state index in [4.69, 9.17) is 0 Å². The summed E-state index contributed by atoms with van der Waals surface area (Å²) in [5, 5.41) is 2.84. The average molecular weight is 891 g/mol. The predicted octanol–water partition coefficient (Wildman–Crippen LogP) is 15.9. The van der Waals surface area contributed by atoms with Crippen LogP contribution in [0.25, 0.3) is 10.1 Å². The molecule has 4 heteroatoms. The minimum Gasteiger partial charge on any atom is -0.311 e. The van der Waals surface area contributed by atoms with E-state index in [1.54, 1.807) is 16.7 Å². The molecule has 0 atom stereocenters. The Morgan fingerprint density at radius 2 is 1.03 bits per heavy atom. The maximum atomic E-state index is 2.79. The van der Waals surface area contributed by atoms with Crippen molar-refractivity contribution in [2.24, 2.45) is 0 Å². The van der Waals surface area contributed by atoms with E-state index in [9.17, 15) is 0 Å². The lowest BCUT2D eigenvalue weighted by molar-refractivity contribution is 0.331. The quantitative estimate of drug-likeness (QED) is 0.160. The lowest BCUT2D eigenvalue weighted by Gasteiger charge is -2.49. The minimum atomic E-state index is -0.00644. The Hall–Kier alpha value is -4.28. The first-order valence-corrected chi connectivity index (χ1v) is 26.2. The molecule has 1 aromatic heterocycles. The van der Waals surface area contributed by atoms with E-state index in [1.165, 1.54) is 132 Å². The molecule has 0 radical (unpaired) electrons. The summed E-state index contributed by atoms with van der Waals surface area (Å²) in [4.78, 5) is 5.52. The number of nitrogens with zero attached hydrogens (tertiary/aromatic N) is 2. The van der Waals surface area contributed by atoms with Gasteiger partial charge >= 0.3 is 0 Å². The minimum absolute atomic E-state index is 0.00644. The first-order valence-electron chi connectivity index (χ1n) is 25.4. The van der Waals surface area contributed by atoms with Gasteiger partial charge in [-0.3, -0.25) is 0 Å². The first kappa shape index (κ1) is 44.2. The van der Waals surface area contributed by atoms with Crippen molar-refractivity contribution in [3.8, 4) is 0 Å². The summed E-state index contributed by atoms with van der Waals surface area (Å²) in [5.41, 5.74) is 24.9. The van der Waals surface area contributed by atoms with Gasteiger partial charge in [0.05, 0.1) is 10.7 Å². The molecular formula is C62H75BN2S. The van der Waals surface area contributed by atoms with E-state index in [-0.39, 0.29) is 44.6 Å². The van der Waals surface area contributed by atoms with Crippen LogP contribution in [-0.4, -0.2) is 6.71 Å². The second kappa shape index (κ2) is 13.7. The molecule has 2 aliphatic heterocycles. The topological polar surface area (TPSA) is 6.48 Å². The van der Waals surface area contributed by atoms with E-state index < -0.39 is 0 Å². The Morgan fingerprint density at radius 3 is 1.65 bits per heavy atom. The molecule has 3 heterocycles. The van der Waals surface area contributed by atoms with E-state index >= 15 is 0 Å². The van der Waals surface area contributed by atoms with Gasteiger partial charge < -0.3 is 9.80 Å². The molecule has 0 spiro atoms. The highest BCUT2D eigenvalue weighted by molar-refractivity contribution is 7.26. The molecule has 11 rings (SSSR count). The van der Waals surface area contributed by atoms with Gasteiger partial charge in [0, 0.05) is 27.4 Å². The van der Waals surface area contributed by atoms with Gasteiger partial charge in [0.25, 0.3) is 6.71 Å². The Kier molecular flexibility index (Phi) is 9.19. The molecule has 5 aromatic carbocycles. The largest absolute Gasteiger partial charge is 0.311 e. The predicted molar refractivity (Wildman–Crippen MR) is 290 cm³/mol. The van der Waals surface area contributed by atoms with E-state index in [2.05, 4.69) is 200 Å². The number of thiophene rings is 1. The molecule has 0 saturated heterocycles. The van der Waals surface area contributed by atoms with Crippen LogP contribution in [0.2, 0.25) is 0 Å². The molecule has 0 saturated carbocycles. The molecule has 6 aromatic rings. The molecule has 2 nitrogen and oxygen atoms in total. The zero-order valence-corrected chi connectivity index (χ0v) is 44.4. The van der Waals surface area contributed by atoms with Crippen LogP contribution in [-0.2, 0) is 37.9 Å². The van der Waals surface area contributed by atoms with Gasteiger partial charge in [0.2, 0.25) is 0 Å². The Morgan fingerprint density at radius 1 is 0.500 bits per heavy atom. The van der Waals surface area contributed by atoms with Crippen LogP contribution < -0.4 is 26.2 Å². The van der Waals surface area contributed by atoms with Gasteiger partial charge in [-0.1, -0.05) is 134 Å². The van der Waals surface area contributed by atoms with E-state index in [0.717, 1.165) is 0 Å². The molecule has 0 bridgehead atoms. The number of rotatable bonds is 2. The zero-order chi connectivity index (χ0) is 47.2. The number of benzene rings is 5. The van der Waals surface area contributed by atoms with Crippen LogP contribution in [0.1, 0.15) is 192 Å². The fourth-order valence-electron chi connectivity index (χ4n) is 13.5. The summed E-state index contributed by atoms with van der Waals surface area (Å²) in [6.45, 7) is 41.8. The number of fused-ring (bicyclic) bond motifs is 10. The summed E-state index contributed by atoms with van der Waals surface area (Å²) in [7, 11) is 0. The fraction of sp³-hybridized carbons (Fsp3) is 0.484. The number of hydrogen-bond donors (Lipinski definition) is 0. The summed E-state index contributed by atoms with van der Waals surface area (Å²) in [6.07, 6.45) is 7.18. The van der Waals surface area contributed by atoms with Crippen LogP contribution in [0, 0.1) is 13.8 Å². The Bertz CT molecular complexity index is 3070. The van der Waals surface area contributed by atoms with Crippen molar-refractivity contribution in [3.05, 3.63) is 123 Å². The summed E-state index contributed by atoms with van der Waals surface area (Å²) in [6, 6.07) is 30.6. The summed E-state index contributed by atoms with van der Waals surface area (Å²) in [5.74, 6) is 0.